The number of likely N-dealkylation sites (N-methyl/N-ethyl adjacent to an activating group) is 1. The molecule has 0 spiro atoms. The van der Waals surface area contributed by atoms with Gasteiger partial charge >= 0.3 is 0 Å². The van der Waals surface area contributed by atoms with Gasteiger partial charge in [-0.2, -0.15) is 0 Å². The Labute approximate surface area is 114 Å². The Morgan fingerprint density at radius 3 is 2.95 bits per heavy atom. The van der Waals surface area contributed by atoms with Crippen LogP contribution in [0.15, 0.2) is 22.8 Å². The molecule has 0 saturated carbocycles. The Morgan fingerprint density at radius 1 is 1.63 bits per heavy atom. The van der Waals surface area contributed by atoms with E-state index in [1.165, 1.54) is 0 Å². The molecule has 2 atom stereocenters. The summed E-state index contributed by atoms with van der Waals surface area (Å²) in [7, 11) is 3.96. The highest BCUT2D eigenvalue weighted by molar-refractivity contribution is 5.86. The molecule has 1 saturated heterocycles. The third-order valence-electron chi connectivity index (χ3n) is 3.82. The van der Waals surface area contributed by atoms with Gasteiger partial charge in [0.25, 0.3) is 0 Å². The second kappa shape index (κ2) is 5.75. The molecule has 1 amide bonds. The van der Waals surface area contributed by atoms with E-state index in [4.69, 9.17) is 4.42 Å². The lowest BCUT2D eigenvalue weighted by Crippen LogP contribution is -2.52. The highest BCUT2D eigenvalue weighted by atomic mass is 16.3. The summed E-state index contributed by atoms with van der Waals surface area (Å²) in [6, 6.07) is 3.86. The lowest BCUT2D eigenvalue weighted by molar-refractivity contribution is -0.126. The molecule has 5 heteroatoms. The summed E-state index contributed by atoms with van der Waals surface area (Å²) >= 11 is 0. The van der Waals surface area contributed by atoms with Crippen molar-refractivity contribution in [3.05, 3.63) is 24.2 Å². The first-order chi connectivity index (χ1) is 9.03. The van der Waals surface area contributed by atoms with Gasteiger partial charge in [0.2, 0.25) is 5.91 Å². The number of nitrogens with one attached hydrogen (secondary N) is 2. The second-order valence-corrected chi connectivity index (χ2v) is 5.57. The zero-order valence-electron chi connectivity index (χ0n) is 11.9. The van der Waals surface area contributed by atoms with E-state index < -0.39 is 5.54 Å². The molecule has 0 aromatic carbocycles. The number of nitrogens with zero attached hydrogens (tertiary/aromatic N) is 1. The first kappa shape index (κ1) is 14.1. The van der Waals surface area contributed by atoms with Gasteiger partial charge in [-0.3, -0.25) is 9.69 Å². The Morgan fingerprint density at radius 2 is 2.42 bits per heavy atom. The predicted molar refractivity (Wildman–Crippen MR) is 73.8 cm³/mol. The van der Waals surface area contributed by atoms with Crippen molar-refractivity contribution in [1.82, 2.24) is 15.5 Å². The van der Waals surface area contributed by atoms with Gasteiger partial charge in [-0.25, -0.2) is 0 Å². The lowest BCUT2D eigenvalue weighted by atomic mass is 9.99. The van der Waals surface area contributed by atoms with Gasteiger partial charge in [0.15, 0.2) is 0 Å². The molecule has 2 unspecified atom stereocenters. The summed E-state index contributed by atoms with van der Waals surface area (Å²) < 4.78 is 5.43. The van der Waals surface area contributed by atoms with Crippen LogP contribution in [0.3, 0.4) is 0 Å². The minimum atomic E-state index is -0.417. The van der Waals surface area contributed by atoms with E-state index >= 15 is 0 Å². The van der Waals surface area contributed by atoms with E-state index in [0.717, 1.165) is 25.1 Å². The van der Waals surface area contributed by atoms with Crippen LogP contribution in [-0.2, 0) is 4.79 Å². The third-order valence-corrected chi connectivity index (χ3v) is 3.82. The third kappa shape index (κ3) is 3.16. The van der Waals surface area contributed by atoms with E-state index in [2.05, 4.69) is 10.6 Å². The molecule has 1 aliphatic rings. The van der Waals surface area contributed by atoms with Gasteiger partial charge < -0.3 is 15.1 Å². The number of carbonyl (C=O) groups excluding carboxylic acids is 1. The molecule has 0 aliphatic carbocycles. The van der Waals surface area contributed by atoms with Crippen LogP contribution < -0.4 is 10.6 Å². The normalized spacial score (nSPS) is 24.6. The molecule has 2 heterocycles. The molecule has 2 N–H and O–H groups in total. The molecule has 2 rings (SSSR count). The minimum Gasteiger partial charge on any atom is -0.468 e. The zero-order chi connectivity index (χ0) is 13.9. The standard InChI is InChI=1S/C14H23N3O2/c1-14(7-5-8-16-14)13(18)15-10-11(17(2)3)12-6-4-9-19-12/h4,6,9,11,16H,5,7-8,10H2,1-3H3,(H,15,18). The summed E-state index contributed by atoms with van der Waals surface area (Å²) in [4.78, 5) is 14.3. The van der Waals surface area contributed by atoms with Crippen LogP contribution in [-0.4, -0.2) is 43.5 Å². The number of furan rings is 1. The average Bonchev–Trinajstić information content (AvgIpc) is 3.01. The van der Waals surface area contributed by atoms with Crippen molar-refractivity contribution >= 4 is 5.91 Å². The van der Waals surface area contributed by atoms with Crippen LogP contribution in [0, 0.1) is 0 Å². The highest BCUT2D eigenvalue weighted by Crippen LogP contribution is 2.20. The van der Waals surface area contributed by atoms with Crippen molar-refractivity contribution in [3.8, 4) is 0 Å². The average molecular weight is 265 g/mol. The molecule has 1 aliphatic heterocycles. The SMILES string of the molecule is CN(C)C(CNC(=O)C1(C)CCCN1)c1ccco1. The summed E-state index contributed by atoms with van der Waals surface area (Å²) in [6.45, 7) is 3.43. The fourth-order valence-electron chi connectivity index (χ4n) is 2.49. The Bertz CT molecular complexity index is 408. The Balaban J connectivity index is 1.94. The van der Waals surface area contributed by atoms with Crippen LogP contribution in [0.25, 0.3) is 0 Å². The van der Waals surface area contributed by atoms with Crippen LogP contribution in [0.5, 0.6) is 0 Å². The number of hydrogen-bond donors (Lipinski definition) is 2. The Kier molecular flexibility index (Phi) is 4.27. The maximum absolute atomic E-state index is 12.2. The van der Waals surface area contributed by atoms with Crippen molar-refractivity contribution in [3.63, 3.8) is 0 Å². The van der Waals surface area contributed by atoms with Crippen LogP contribution >= 0.6 is 0 Å². The van der Waals surface area contributed by atoms with Gasteiger partial charge in [0, 0.05) is 6.54 Å². The van der Waals surface area contributed by atoms with E-state index in [9.17, 15) is 4.79 Å². The Hall–Kier alpha value is -1.33. The second-order valence-electron chi connectivity index (χ2n) is 5.57. The fraction of sp³-hybridized carbons (Fsp3) is 0.643. The van der Waals surface area contributed by atoms with Crippen LogP contribution in [0.4, 0.5) is 0 Å². The van der Waals surface area contributed by atoms with E-state index in [1.807, 2.05) is 38.1 Å². The predicted octanol–water partition coefficient (Wildman–Crippen LogP) is 1.14. The largest absolute Gasteiger partial charge is 0.468 e. The van der Waals surface area contributed by atoms with Gasteiger partial charge in [-0.1, -0.05) is 0 Å². The highest BCUT2D eigenvalue weighted by Gasteiger charge is 2.36. The first-order valence-electron chi connectivity index (χ1n) is 6.76. The maximum atomic E-state index is 12.2. The summed E-state index contributed by atoms with van der Waals surface area (Å²) in [5.74, 6) is 0.943. The maximum Gasteiger partial charge on any atom is 0.240 e. The molecule has 1 aromatic heterocycles. The molecule has 106 valence electrons. The zero-order valence-corrected chi connectivity index (χ0v) is 11.9. The lowest BCUT2D eigenvalue weighted by Gasteiger charge is -2.27. The van der Waals surface area contributed by atoms with Gasteiger partial charge in [0.05, 0.1) is 17.8 Å². The minimum absolute atomic E-state index is 0.0592. The van der Waals surface area contributed by atoms with Crippen molar-refractivity contribution in [2.75, 3.05) is 27.2 Å². The monoisotopic (exact) mass is 265 g/mol. The van der Waals surface area contributed by atoms with Crippen molar-refractivity contribution < 1.29 is 9.21 Å². The molecule has 1 aromatic rings. The van der Waals surface area contributed by atoms with Crippen molar-refractivity contribution in [1.29, 1.82) is 0 Å². The molecular formula is C14H23N3O2. The quantitative estimate of drug-likeness (QED) is 0.838. The molecular weight excluding hydrogens is 242 g/mol. The molecule has 0 bridgehead atoms. The topological polar surface area (TPSA) is 57.5 Å². The van der Waals surface area contributed by atoms with E-state index in [0.29, 0.717) is 6.54 Å². The van der Waals surface area contributed by atoms with Crippen molar-refractivity contribution in [2.45, 2.75) is 31.3 Å². The van der Waals surface area contributed by atoms with Crippen molar-refractivity contribution in [2.24, 2.45) is 0 Å². The van der Waals surface area contributed by atoms with Crippen LogP contribution in [0.2, 0.25) is 0 Å². The number of rotatable bonds is 5. The molecule has 19 heavy (non-hydrogen) atoms. The van der Waals surface area contributed by atoms with Crippen LogP contribution in [0.1, 0.15) is 31.6 Å². The first-order valence-corrected chi connectivity index (χ1v) is 6.76. The molecule has 1 fully saturated rings. The van der Waals surface area contributed by atoms with E-state index in [-0.39, 0.29) is 11.9 Å². The van der Waals surface area contributed by atoms with Gasteiger partial charge in [-0.15, -0.1) is 0 Å². The number of carbonyl (C=O) groups is 1. The summed E-state index contributed by atoms with van der Waals surface area (Å²) in [6.07, 6.45) is 3.61. The summed E-state index contributed by atoms with van der Waals surface area (Å²) in [5, 5.41) is 6.30. The molecule has 0 radical (unpaired) electrons. The van der Waals surface area contributed by atoms with Gasteiger partial charge in [0.1, 0.15) is 5.76 Å². The number of amides is 1. The molecule has 5 nitrogen and oxygen atoms in total. The fourth-order valence-corrected chi connectivity index (χ4v) is 2.49. The van der Waals surface area contributed by atoms with E-state index in [1.54, 1.807) is 6.26 Å². The summed E-state index contributed by atoms with van der Waals surface area (Å²) in [5.41, 5.74) is -0.417. The number of hydrogen-bond acceptors (Lipinski definition) is 4. The van der Waals surface area contributed by atoms with Gasteiger partial charge in [-0.05, 0) is 52.5 Å². The smallest absolute Gasteiger partial charge is 0.240 e.